The molecule has 1 aliphatic heterocycles. The van der Waals surface area contributed by atoms with Crippen molar-refractivity contribution >= 4 is 17.7 Å². The zero-order chi connectivity index (χ0) is 15.4. The summed E-state index contributed by atoms with van der Waals surface area (Å²) in [6.45, 7) is 1.03. The molecule has 0 spiro atoms. The van der Waals surface area contributed by atoms with Crippen molar-refractivity contribution in [3.05, 3.63) is 29.6 Å². The fourth-order valence-corrected chi connectivity index (χ4v) is 2.30. The van der Waals surface area contributed by atoms with Crippen molar-refractivity contribution in [3.8, 4) is 0 Å². The Labute approximate surface area is 121 Å². The number of urea groups is 1. The Hall–Kier alpha value is -2.15. The molecule has 7 heteroatoms. The molecule has 1 fully saturated rings. The lowest BCUT2D eigenvalue weighted by molar-refractivity contribution is 0.0521. The fraction of sp³-hybridized carbons (Fsp3) is 0.429. The van der Waals surface area contributed by atoms with E-state index in [0.717, 1.165) is 31.0 Å². The molecule has 2 rings (SSSR count). The summed E-state index contributed by atoms with van der Waals surface area (Å²) in [4.78, 5) is 24.7. The second-order valence-electron chi connectivity index (χ2n) is 4.85. The summed E-state index contributed by atoms with van der Waals surface area (Å²) in [6.07, 6.45) is 1.58. The van der Waals surface area contributed by atoms with Crippen LogP contribution in [0.3, 0.4) is 0 Å². The zero-order valence-electron chi connectivity index (χ0n) is 11.6. The number of nitrogens with one attached hydrogen (secondary N) is 1. The topological polar surface area (TPSA) is 78.9 Å². The van der Waals surface area contributed by atoms with Gasteiger partial charge in [-0.05, 0) is 31.0 Å². The number of carbonyl (C=O) groups excluding carboxylic acids is 1. The van der Waals surface area contributed by atoms with E-state index in [1.54, 1.807) is 12.0 Å². The van der Waals surface area contributed by atoms with Crippen molar-refractivity contribution in [3.63, 3.8) is 0 Å². The molecule has 1 heterocycles. The molecule has 0 atom stereocenters. The van der Waals surface area contributed by atoms with E-state index in [4.69, 9.17) is 9.84 Å². The van der Waals surface area contributed by atoms with Crippen molar-refractivity contribution in [2.75, 3.05) is 25.5 Å². The first-order valence-electron chi connectivity index (χ1n) is 6.63. The SMILES string of the molecule is COC1CCN(C(=O)Nc2cc(F)ccc2C(=O)O)CC1. The molecule has 0 aromatic heterocycles. The molecule has 2 N–H and O–H groups in total. The molecule has 114 valence electrons. The smallest absolute Gasteiger partial charge is 0.337 e. The van der Waals surface area contributed by atoms with Gasteiger partial charge in [0.25, 0.3) is 0 Å². The third-order valence-corrected chi connectivity index (χ3v) is 3.52. The summed E-state index contributed by atoms with van der Waals surface area (Å²) >= 11 is 0. The number of halogens is 1. The summed E-state index contributed by atoms with van der Waals surface area (Å²) in [5.41, 5.74) is -0.183. The number of nitrogens with zero attached hydrogens (tertiary/aromatic N) is 1. The minimum Gasteiger partial charge on any atom is -0.478 e. The molecular weight excluding hydrogens is 279 g/mol. The monoisotopic (exact) mass is 296 g/mol. The van der Waals surface area contributed by atoms with Crippen LogP contribution in [-0.2, 0) is 4.74 Å². The van der Waals surface area contributed by atoms with E-state index in [2.05, 4.69) is 5.32 Å². The maximum Gasteiger partial charge on any atom is 0.337 e. The predicted octanol–water partition coefficient (Wildman–Crippen LogP) is 2.17. The molecule has 6 nitrogen and oxygen atoms in total. The molecule has 21 heavy (non-hydrogen) atoms. The molecule has 1 aliphatic rings. The zero-order valence-corrected chi connectivity index (χ0v) is 11.6. The van der Waals surface area contributed by atoms with Crippen molar-refractivity contribution in [1.82, 2.24) is 4.90 Å². The third kappa shape index (κ3) is 3.69. The highest BCUT2D eigenvalue weighted by Gasteiger charge is 2.23. The number of aromatic carboxylic acids is 1. The normalized spacial score (nSPS) is 15.8. The van der Waals surface area contributed by atoms with Crippen molar-refractivity contribution in [2.45, 2.75) is 18.9 Å². The molecule has 1 aromatic carbocycles. The van der Waals surface area contributed by atoms with Crippen LogP contribution in [0.4, 0.5) is 14.9 Å². The molecule has 1 aromatic rings. The molecule has 0 unspecified atom stereocenters. The molecular formula is C14H17FN2O4. The minimum absolute atomic E-state index is 0.0404. The van der Waals surface area contributed by atoms with Gasteiger partial charge >= 0.3 is 12.0 Å². The van der Waals surface area contributed by atoms with Crippen molar-refractivity contribution in [1.29, 1.82) is 0 Å². The van der Waals surface area contributed by atoms with Crippen LogP contribution in [0.15, 0.2) is 18.2 Å². The predicted molar refractivity (Wildman–Crippen MR) is 74.0 cm³/mol. The summed E-state index contributed by atoms with van der Waals surface area (Å²) in [5.74, 6) is -1.82. The van der Waals surface area contributed by atoms with Crippen LogP contribution in [0.1, 0.15) is 23.2 Å². The van der Waals surface area contributed by atoms with Gasteiger partial charge in [0.2, 0.25) is 0 Å². The van der Waals surface area contributed by atoms with E-state index >= 15 is 0 Å². The average Bonchev–Trinajstić information content (AvgIpc) is 2.47. The Kier molecular flexibility index (Phi) is 4.74. The minimum atomic E-state index is -1.22. The molecule has 1 saturated heterocycles. The van der Waals surface area contributed by atoms with Crippen molar-refractivity contribution in [2.24, 2.45) is 0 Å². The Balaban J connectivity index is 2.06. The Morgan fingerprint density at radius 2 is 2.05 bits per heavy atom. The molecule has 2 amide bonds. The molecule has 0 bridgehead atoms. The van der Waals surface area contributed by atoms with Gasteiger partial charge in [0.05, 0.1) is 17.4 Å². The van der Waals surface area contributed by atoms with Crippen LogP contribution in [0.5, 0.6) is 0 Å². The standard InChI is InChI=1S/C14H17FN2O4/c1-21-10-4-6-17(7-5-10)14(20)16-12-8-9(15)2-3-11(12)13(18)19/h2-3,8,10H,4-7H2,1H3,(H,16,20)(H,18,19). The van der Waals surface area contributed by atoms with Gasteiger partial charge in [-0.1, -0.05) is 0 Å². The first-order valence-corrected chi connectivity index (χ1v) is 6.63. The Bertz CT molecular complexity index is 542. The van der Waals surface area contributed by atoms with Crippen LogP contribution in [0.2, 0.25) is 0 Å². The number of hydrogen-bond donors (Lipinski definition) is 2. The second-order valence-corrected chi connectivity index (χ2v) is 4.85. The summed E-state index contributed by atoms with van der Waals surface area (Å²) in [5, 5.41) is 11.5. The number of rotatable bonds is 3. The highest BCUT2D eigenvalue weighted by atomic mass is 19.1. The highest BCUT2D eigenvalue weighted by molar-refractivity contribution is 6.00. The van der Waals surface area contributed by atoms with Crippen LogP contribution in [0, 0.1) is 5.82 Å². The van der Waals surface area contributed by atoms with E-state index in [9.17, 15) is 14.0 Å². The Morgan fingerprint density at radius 3 is 2.62 bits per heavy atom. The first-order chi connectivity index (χ1) is 10.0. The average molecular weight is 296 g/mol. The lowest BCUT2D eigenvalue weighted by Crippen LogP contribution is -2.43. The number of piperidine rings is 1. The van der Waals surface area contributed by atoms with Crippen LogP contribution < -0.4 is 5.32 Å². The van der Waals surface area contributed by atoms with E-state index in [1.807, 2.05) is 0 Å². The number of anilines is 1. The molecule has 0 radical (unpaired) electrons. The molecule has 0 saturated carbocycles. The van der Waals surface area contributed by atoms with E-state index < -0.39 is 17.8 Å². The highest BCUT2D eigenvalue weighted by Crippen LogP contribution is 2.19. The number of hydrogen-bond acceptors (Lipinski definition) is 3. The second kappa shape index (κ2) is 6.53. The number of likely N-dealkylation sites (tertiary alicyclic amines) is 1. The maximum atomic E-state index is 13.2. The van der Waals surface area contributed by atoms with Gasteiger partial charge in [0, 0.05) is 20.2 Å². The fourth-order valence-electron chi connectivity index (χ4n) is 2.30. The number of carboxylic acids is 1. The van der Waals surface area contributed by atoms with Gasteiger partial charge in [-0.2, -0.15) is 0 Å². The largest absolute Gasteiger partial charge is 0.478 e. The summed E-state index contributed by atoms with van der Waals surface area (Å²) in [6, 6.07) is 2.74. The Morgan fingerprint density at radius 1 is 1.38 bits per heavy atom. The molecule has 0 aliphatic carbocycles. The van der Waals surface area contributed by atoms with Gasteiger partial charge in [-0.15, -0.1) is 0 Å². The number of ether oxygens (including phenoxy) is 1. The van der Waals surface area contributed by atoms with E-state index in [0.29, 0.717) is 13.1 Å². The van der Waals surface area contributed by atoms with Crippen LogP contribution in [0.25, 0.3) is 0 Å². The summed E-state index contributed by atoms with van der Waals surface area (Å²) < 4.78 is 18.4. The lowest BCUT2D eigenvalue weighted by Gasteiger charge is -2.31. The first kappa shape index (κ1) is 15.2. The lowest BCUT2D eigenvalue weighted by atomic mass is 10.1. The van der Waals surface area contributed by atoms with Gasteiger partial charge < -0.3 is 20.1 Å². The van der Waals surface area contributed by atoms with Gasteiger partial charge in [0.15, 0.2) is 0 Å². The van der Waals surface area contributed by atoms with Gasteiger partial charge in [0.1, 0.15) is 5.82 Å². The number of methoxy groups -OCH3 is 1. The van der Waals surface area contributed by atoms with E-state index in [1.165, 1.54) is 0 Å². The number of carbonyl (C=O) groups is 2. The maximum absolute atomic E-state index is 13.2. The van der Waals surface area contributed by atoms with Gasteiger partial charge in [-0.25, -0.2) is 14.0 Å². The third-order valence-electron chi connectivity index (χ3n) is 3.52. The number of carboxylic acid groups (broad SMARTS) is 1. The quantitative estimate of drug-likeness (QED) is 0.896. The summed E-state index contributed by atoms with van der Waals surface area (Å²) in [7, 11) is 1.63. The van der Waals surface area contributed by atoms with E-state index in [-0.39, 0.29) is 17.4 Å². The number of amides is 2. The van der Waals surface area contributed by atoms with Crippen LogP contribution >= 0.6 is 0 Å². The van der Waals surface area contributed by atoms with Crippen LogP contribution in [-0.4, -0.2) is 48.3 Å². The number of benzene rings is 1. The van der Waals surface area contributed by atoms with Gasteiger partial charge in [-0.3, -0.25) is 0 Å². The van der Waals surface area contributed by atoms with Crippen molar-refractivity contribution < 1.29 is 23.8 Å².